The predicted octanol–water partition coefficient (Wildman–Crippen LogP) is 2.84. The molecule has 4 heterocycles. The van der Waals surface area contributed by atoms with E-state index in [9.17, 15) is 9.18 Å². The summed E-state index contributed by atoms with van der Waals surface area (Å²) in [4.78, 5) is 25.9. The van der Waals surface area contributed by atoms with Gasteiger partial charge >= 0.3 is 0 Å². The Hall–Kier alpha value is -4.00. The molecule has 0 saturated carbocycles. The highest BCUT2D eigenvalue weighted by atomic mass is 19.1. The number of aryl methyl sites for hydroxylation is 1. The zero-order valence-electron chi connectivity index (χ0n) is 19.7. The molecule has 0 atom stereocenters. The Morgan fingerprint density at radius 1 is 1.20 bits per heavy atom. The van der Waals surface area contributed by atoms with Crippen LogP contribution in [0.25, 0.3) is 11.3 Å². The third-order valence-electron chi connectivity index (χ3n) is 6.51. The van der Waals surface area contributed by atoms with Crippen LogP contribution in [0.3, 0.4) is 0 Å². The van der Waals surface area contributed by atoms with Crippen molar-refractivity contribution in [2.75, 3.05) is 24.5 Å². The summed E-state index contributed by atoms with van der Waals surface area (Å²) in [7, 11) is 1.86. The van der Waals surface area contributed by atoms with Crippen LogP contribution in [0.15, 0.2) is 30.6 Å². The minimum Gasteiger partial charge on any atom is -0.487 e. The molecule has 1 fully saturated rings. The van der Waals surface area contributed by atoms with Crippen molar-refractivity contribution in [3.05, 3.63) is 53.4 Å². The van der Waals surface area contributed by atoms with Crippen molar-refractivity contribution < 1.29 is 13.9 Å². The van der Waals surface area contributed by atoms with Crippen LogP contribution >= 0.6 is 0 Å². The zero-order valence-corrected chi connectivity index (χ0v) is 19.7. The van der Waals surface area contributed by atoms with E-state index in [2.05, 4.69) is 10.00 Å². The number of carbonyl (C=O) groups is 1. The fraction of sp³-hybridized carbons (Fsp3) is 0.400. The topological polar surface area (TPSA) is 100 Å². The highest BCUT2D eigenvalue weighted by Crippen LogP contribution is 2.33. The molecule has 1 amide bonds. The Balaban J connectivity index is 1.37. The molecule has 180 valence electrons. The molecule has 1 saturated heterocycles. The van der Waals surface area contributed by atoms with Crippen molar-refractivity contribution in [3.63, 3.8) is 0 Å². The van der Waals surface area contributed by atoms with E-state index in [1.54, 1.807) is 28.8 Å². The molecule has 0 unspecified atom stereocenters. The first kappa shape index (κ1) is 22.8. The highest BCUT2D eigenvalue weighted by molar-refractivity contribution is 5.74. The predicted molar refractivity (Wildman–Crippen MR) is 126 cm³/mol. The van der Waals surface area contributed by atoms with Gasteiger partial charge in [0, 0.05) is 64.6 Å². The van der Waals surface area contributed by atoms with Crippen LogP contribution in [0.4, 0.5) is 10.2 Å². The number of carbonyl (C=O) groups excluding carboxylic acids is 1. The first-order chi connectivity index (χ1) is 16.9. The van der Waals surface area contributed by atoms with E-state index in [4.69, 9.17) is 20.0 Å². The van der Waals surface area contributed by atoms with Gasteiger partial charge in [-0.25, -0.2) is 14.4 Å². The van der Waals surface area contributed by atoms with E-state index in [1.165, 1.54) is 12.1 Å². The van der Waals surface area contributed by atoms with Crippen molar-refractivity contribution in [3.8, 4) is 23.1 Å². The summed E-state index contributed by atoms with van der Waals surface area (Å²) in [6, 6.07) is 6.20. The van der Waals surface area contributed by atoms with E-state index in [0.717, 1.165) is 28.5 Å². The fourth-order valence-corrected chi connectivity index (χ4v) is 4.58. The normalized spacial score (nSPS) is 16.1. The third-order valence-corrected chi connectivity index (χ3v) is 6.51. The molecule has 9 nitrogen and oxygen atoms in total. The van der Waals surface area contributed by atoms with Crippen LogP contribution in [0.5, 0.6) is 5.75 Å². The van der Waals surface area contributed by atoms with Gasteiger partial charge in [0.15, 0.2) is 17.4 Å². The molecule has 1 aromatic carbocycles. The Morgan fingerprint density at radius 2 is 2.00 bits per heavy atom. The monoisotopic (exact) mass is 475 g/mol. The average molecular weight is 476 g/mol. The maximum atomic E-state index is 14.3. The second kappa shape index (κ2) is 9.33. The second-order valence-electron chi connectivity index (χ2n) is 8.94. The molecular formula is C25H26FN7O2. The summed E-state index contributed by atoms with van der Waals surface area (Å²) in [5.74, 6) is 0.480. The van der Waals surface area contributed by atoms with Gasteiger partial charge in [-0.1, -0.05) is 0 Å². The molecule has 0 bridgehead atoms. The molecule has 5 rings (SSSR count). The van der Waals surface area contributed by atoms with Crippen molar-refractivity contribution >= 4 is 11.7 Å². The minimum absolute atomic E-state index is 0.0326. The number of anilines is 1. The molecule has 0 spiro atoms. The molecule has 2 aliphatic heterocycles. The molecule has 0 radical (unpaired) electrons. The number of rotatable bonds is 4. The van der Waals surface area contributed by atoms with Gasteiger partial charge in [-0.3, -0.25) is 9.48 Å². The van der Waals surface area contributed by atoms with E-state index in [0.29, 0.717) is 45.4 Å². The molecule has 0 N–H and O–H groups in total. The fourth-order valence-electron chi connectivity index (χ4n) is 4.58. The number of benzene rings is 1. The quantitative estimate of drug-likeness (QED) is 0.572. The van der Waals surface area contributed by atoms with Crippen LogP contribution in [0, 0.1) is 17.1 Å². The number of ether oxygens (including phenoxy) is 1. The summed E-state index contributed by atoms with van der Waals surface area (Å²) in [6.45, 7) is 4.03. The van der Waals surface area contributed by atoms with E-state index < -0.39 is 5.82 Å². The molecule has 3 aromatic rings. The second-order valence-corrected chi connectivity index (χ2v) is 8.94. The number of amides is 1. The number of nitriles is 1. The zero-order chi connectivity index (χ0) is 24.5. The molecule has 2 aromatic heterocycles. The maximum absolute atomic E-state index is 14.3. The SMILES string of the molecule is CC(=O)N1CCc2nc(N3CCC(Oc4ccc(C#N)cc4F)CC3)c(-c3cnn(C)c3)nc2C1. The van der Waals surface area contributed by atoms with Gasteiger partial charge in [-0.15, -0.1) is 0 Å². The molecule has 10 heteroatoms. The van der Waals surface area contributed by atoms with Crippen LogP contribution in [-0.2, 0) is 24.8 Å². The number of nitrogens with zero attached hydrogens (tertiary/aromatic N) is 7. The third kappa shape index (κ3) is 4.67. The lowest BCUT2D eigenvalue weighted by Gasteiger charge is -2.35. The average Bonchev–Trinajstić information content (AvgIpc) is 3.30. The number of fused-ring (bicyclic) bond motifs is 1. The van der Waals surface area contributed by atoms with Crippen molar-refractivity contribution in [2.45, 2.75) is 38.8 Å². The van der Waals surface area contributed by atoms with Gasteiger partial charge in [0.1, 0.15) is 11.8 Å². The highest BCUT2D eigenvalue weighted by Gasteiger charge is 2.29. The van der Waals surface area contributed by atoms with Gasteiger partial charge in [-0.05, 0) is 18.2 Å². The van der Waals surface area contributed by atoms with Gasteiger partial charge in [0.05, 0.1) is 35.8 Å². The summed E-state index contributed by atoms with van der Waals surface area (Å²) in [5.41, 5.74) is 3.63. The van der Waals surface area contributed by atoms with Gasteiger partial charge < -0.3 is 14.5 Å². The molecule has 0 aliphatic carbocycles. The first-order valence-corrected chi connectivity index (χ1v) is 11.7. The lowest BCUT2D eigenvalue weighted by Crippen LogP contribution is -2.40. The summed E-state index contributed by atoms with van der Waals surface area (Å²) < 4.78 is 21.9. The smallest absolute Gasteiger partial charge is 0.219 e. The Morgan fingerprint density at radius 3 is 2.66 bits per heavy atom. The standard InChI is InChI=1S/C25H26FN7O2/c1-16(34)33-10-7-21-22(15-33)29-24(18-13-28-31(2)14-18)25(30-21)32-8-5-19(6-9-32)35-23-4-3-17(12-27)11-20(23)26/h3-4,11,13-14,19H,5-10,15H2,1-2H3. The van der Waals surface area contributed by atoms with Crippen molar-refractivity contribution in [1.82, 2.24) is 24.6 Å². The lowest BCUT2D eigenvalue weighted by atomic mass is 10.1. The number of hydrogen-bond donors (Lipinski definition) is 0. The Labute approximate surface area is 202 Å². The maximum Gasteiger partial charge on any atom is 0.219 e. The summed E-state index contributed by atoms with van der Waals surface area (Å²) >= 11 is 0. The van der Waals surface area contributed by atoms with Crippen LogP contribution < -0.4 is 9.64 Å². The van der Waals surface area contributed by atoms with E-state index >= 15 is 0 Å². The van der Waals surface area contributed by atoms with Crippen LogP contribution in [0.1, 0.15) is 36.7 Å². The van der Waals surface area contributed by atoms with Crippen molar-refractivity contribution in [1.29, 1.82) is 5.26 Å². The Kier molecular flexibility index (Phi) is 6.07. The molecule has 35 heavy (non-hydrogen) atoms. The summed E-state index contributed by atoms with van der Waals surface area (Å²) in [5, 5.41) is 13.2. The lowest BCUT2D eigenvalue weighted by molar-refractivity contribution is -0.129. The van der Waals surface area contributed by atoms with E-state index in [-0.39, 0.29) is 23.3 Å². The van der Waals surface area contributed by atoms with Crippen molar-refractivity contribution in [2.24, 2.45) is 7.05 Å². The van der Waals surface area contributed by atoms with E-state index in [1.807, 2.05) is 19.3 Å². The number of aromatic nitrogens is 4. The first-order valence-electron chi connectivity index (χ1n) is 11.7. The number of halogens is 1. The van der Waals surface area contributed by atoms with Crippen LogP contribution in [0.2, 0.25) is 0 Å². The Bertz CT molecular complexity index is 1310. The largest absolute Gasteiger partial charge is 0.487 e. The summed E-state index contributed by atoms with van der Waals surface area (Å²) in [6.07, 6.45) is 5.61. The van der Waals surface area contributed by atoms with Crippen LogP contribution in [-0.4, -0.2) is 56.3 Å². The number of piperidine rings is 1. The molecule has 2 aliphatic rings. The van der Waals surface area contributed by atoms with Gasteiger partial charge in [0.2, 0.25) is 5.91 Å². The minimum atomic E-state index is -0.523. The number of hydrogen-bond acceptors (Lipinski definition) is 7. The molecular weight excluding hydrogens is 449 g/mol. The van der Waals surface area contributed by atoms with Gasteiger partial charge in [0.25, 0.3) is 0 Å². The van der Waals surface area contributed by atoms with Gasteiger partial charge in [-0.2, -0.15) is 10.4 Å².